The van der Waals surface area contributed by atoms with Crippen molar-refractivity contribution in [3.63, 3.8) is 0 Å². The van der Waals surface area contributed by atoms with E-state index in [-0.39, 0.29) is 17.9 Å². The normalized spacial score (nSPS) is 16.4. The third-order valence-corrected chi connectivity index (χ3v) is 6.57. The molecule has 204 valence electrons. The molecule has 0 radical (unpaired) electrons. The number of ether oxygens (including phenoxy) is 3. The first kappa shape index (κ1) is 27.8. The molecule has 1 N–H and O–H groups in total. The van der Waals surface area contributed by atoms with Gasteiger partial charge in [-0.3, -0.25) is 9.59 Å². The van der Waals surface area contributed by atoms with Gasteiger partial charge in [0.1, 0.15) is 11.5 Å². The molecule has 0 aromatic heterocycles. The van der Waals surface area contributed by atoms with Crippen LogP contribution >= 0.6 is 0 Å². The molecule has 1 aliphatic heterocycles. The fourth-order valence-corrected chi connectivity index (χ4v) is 4.58. The molecule has 7 nitrogen and oxygen atoms in total. The number of hydrogen-bond acceptors (Lipinski definition) is 6. The van der Waals surface area contributed by atoms with Gasteiger partial charge in [0, 0.05) is 12.1 Å². The molecule has 0 saturated carbocycles. The molecule has 1 aliphatic rings. The third kappa shape index (κ3) is 6.25. The van der Waals surface area contributed by atoms with Crippen molar-refractivity contribution in [1.29, 1.82) is 0 Å². The first-order valence-corrected chi connectivity index (χ1v) is 13.3. The van der Waals surface area contributed by atoms with Crippen LogP contribution in [-0.4, -0.2) is 42.0 Å². The van der Waals surface area contributed by atoms with Gasteiger partial charge in [0.25, 0.3) is 11.7 Å². The van der Waals surface area contributed by atoms with E-state index in [1.165, 1.54) is 4.90 Å². The number of unbranched alkanes of at least 4 members (excludes halogenated alkanes) is 1. The fraction of sp³-hybridized carbons (Fsp3) is 0.312. The maximum Gasteiger partial charge on any atom is 0.295 e. The largest absolute Gasteiger partial charge is 0.507 e. The number of amides is 1. The number of rotatable bonds is 12. The molecule has 1 fully saturated rings. The Balaban J connectivity index is 1.81. The summed E-state index contributed by atoms with van der Waals surface area (Å²) in [5, 5.41) is 11.5. The molecule has 4 rings (SSSR count). The van der Waals surface area contributed by atoms with E-state index in [1.807, 2.05) is 43.3 Å². The quantitative estimate of drug-likeness (QED) is 0.129. The molecule has 1 saturated heterocycles. The zero-order valence-electron chi connectivity index (χ0n) is 22.7. The second-order valence-corrected chi connectivity index (χ2v) is 9.40. The first-order valence-electron chi connectivity index (χ1n) is 13.3. The number of hydrogen-bond donors (Lipinski definition) is 1. The van der Waals surface area contributed by atoms with E-state index in [0.717, 1.165) is 24.8 Å². The van der Waals surface area contributed by atoms with Crippen molar-refractivity contribution < 1.29 is 28.9 Å². The molecule has 39 heavy (non-hydrogen) atoms. The summed E-state index contributed by atoms with van der Waals surface area (Å²) >= 11 is 0. The van der Waals surface area contributed by atoms with Gasteiger partial charge in [-0.2, -0.15) is 0 Å². The number of benzene rings is 3. The summed E-state index contributed by atoms with van der Waals surface area (Å²) in [6.45, 7) is 5.37. The van der Waals surface area contributed by atoms with Crippen molar-refractivity contribution in [2.45, 2.75) is 45.7 Å². The van der Waals surface area contributed by atoms with Crippen molar-refractivity contribution in [3.8, 4) is 17.2 Å². The topological polar surface area (TPSA) is 85.3 Å². The number of carbonyl (C=O) groups excluding carboxylic acids is 2. The number of Topliss-reactive ketones (excluding diaryl/α,β-unsaturated/α-hetero) is 1. The molecule has 0 bridgehead atoms. The summed E-state index contributed by atoms with van der Waals surface area (Å²) in [4.78, 5) is 28.3. The molecule has 0 aliphatic carbocycles. The van der Waals surface area contributed by atoms with Gasteiger partial charge in [0.05, 0.1) is 31.9 Å². The lowest BCUT2D eigenvalue weighted by Crippen LogP contribution is -2.29. The monoisotopic (exact) mass is 529 g/mol. The van der Waals surface area contributed by atoms with E-state index in [4.69, 9.17) is 14.2 Å². The Bertz CT molecular complexity index is 1330. The van der Waals surface area contributed by atoms with Crippen LogP contribution in [0.3, 0.4) is 0 Å². The lowest BCUT2D eigenvalue weighted by atomic mass is 9.94. The van der Waals surface area contributed by atoms with E-state index < -0.39 is 17.7 Å². The molecular weight excluding hydrogens is 494 g/mol. The standard InChI is InChI=1S/C32H35NO6/c1-4-6-18-39-26-16-15-23(20-27(26)37-3)29-28(30(34)24-13-10-14-25(19-24)38-17-5-2)31(35)32(36)33(29)21-22-11-8-7-9-12-22/h7-16,19-20,29,34H,4-6,17-18,21H2,1-3H3. The predicted octanol–water partition coefficient (Wildman–Crippen LogP) is 6.28. The van der Waals surface area contributed by atoms with Crippen LogP contribution in [0, 0.1) is 0 Å². The van der Waals surface area contributed by atoms with E-state index in [1.54, 1.807) is 43.5 Å². The highest BCUT2D eigenvalue weighted by Gasteiger charge is 2.46. The predicted molar refractivity (Wildman–Crippen MR) is 150 cm³/mol. The Hall–Kier alpha value is -4.26. The molecular formula is C32H35NO6. The number of nitrogens with zero attached hydrogens (tertiary/aromatic N) is 1. The third-order valence-electron chi connectivity index (χ3n) is 6.57. The highest BCUT2D eigenvalue weighted by molar-refractivity contribution is 6.46. The summed E-state index contributed by atoms with van der Waals surface area (Å²) < 4.78 is 17.2. The average molecular weight is 530 g/mol. The number of aliphatic hydroxyl groups is 1. The Kier molecular flexibility index (Phi) is 9.26. The number of carbonyl (C=O) groups is 2. The van der Waals surface area contributed by atoms with Crippen molar-refractivity contribution in [2.75, 3.05) is 20.3 Å². The minimum atomic E-state index is -0.830. The second-order valence-electron chi connectivity index (χ2n) is 9.40. The van der Waals surface area contributed by atoms with Crippen LogP contribution in [0.5, 0.6) is 17.2 Å². The van der Waals surface area contributed by atoms with Gasteiger partial charge in [-0.25, -0.2) is 0 Å². The number of methoxy groups -OCH3 is 1. The molecule has 3 aromatic rings. The molecule has 0 spiro atoms. The smallest absolute Gasteiger partial charge is 0.295 e. The Morgan fingerprint density at radius 1 is 0.872 bits per heavy atom. The van der Waals surface area contributed by atoms with E-state index in [9.17, 15) is 14.7 Å². The van der Waals surface area contributed by atoms with Crippen molar-refractivity contribution in [3.05, 3.63) is 95.1 Å². The lowest BCUT2D eigenvalue weighted by molar-refractivity contribution is -0.140. The SMILES string of the molecule is CCCCOc1ccc(C2C(=C(O)c3cccc(OCCC)c3)C(=O)C(=O)N2Cc2ccccc2)cc1OC. The molecule has 1 amide bonds. The molecule has 1 atom stereocenters. The fourth-order valence-electron chi connectivity index (χ4n) is 4.58. The minimum Gasteiger partial charge on any atom is -0.507 e. The van der Waals surface area contributed by atoms with Gasteiger partial charge >= 0.3 is 0 Å². The Labute approximate surface area is 229 Å². The number of aliphatic hydroxyl groups excluding tert-OH is 1. The van der Waals surface area contributed by atoms with Gasteiger partial charge in [0.2, 0.25) is 0 Å². The zero-order chi connectivity index (χ0) is 27.8. The number of likely N-dealkylation sites (tertiary alicyclic amines) is 1. The van der Waals surface area contributed by atoms with Gasteiger partial charge in [-0.1, -0.05) is 68.8 Å². The van der Waals surface area contributed by atoms with Crippen LogP contribution in [0.25, 0.3) is 5.76 Å². The summed E-state index contributed by atoms with van der Waals surface area (Å²) in [7, 11) is 1.55. The zero-order valence-corrected chi connectivity index (χ0v) is 22.7. The van der Waals surface area contributed by atoms with Gasteiger partial charge in [-0.15, -0.1) is 0 Å². The Morgan fingerprint density at radius 3 is 2.38 bits per heavy atom. The molecule has 7 heteroatoms. The highest BCUT2D eigenvalue weighted by atomic mass is 16.5. The maximum absolute atomic E-state index is 13.5. The van der Waals surface area contributed by atoms with E-state index >= 15 is 0 Å². The molecule has 1 heterocycles. The van der Waals surface area contributed by atoms with Gasteiger partial charge in [0.15, 0.2) is 11.5 Å². The van der Waals surface area contributed by atoms with Crippen LogP contribution in [-0.2, 0) is 16.1 Å². The van der Waals surface area contributed by atoms with Gasteiger partial charge < -0.3 is 24.2 Å². The van der Waals surface area contributed by atoms with Crippen molar-refractivity contribution in [2.24, 2.45) is 0 Å². The van der Waals surface area contributed by atoms with Crippen LogP contribution in [0.2, 0.25) is 0 Å². The van der Waals surface area contributed by atoms with Crippen molar-refractivity contribution in [1.82, 2.24) is 4.90 Å². The van der Waals surface area contributed by atoms with E-state index in [2.05, 4.69) is 6.92 Å². The summed E-state index contributed by atoms with van der Waals surface area (Å²) in [6, 6.07) is 20.9. The van der Waals surface area contributed by atoms with E-state index in [0.29, 0.717) is 41.6 Å². The van der Waals surface area contributed by atoms with Crippen LogP contribution < -0.4 is 14.2 Å². The first-order chi connectivity index (χ1) is 19.0. The summed E-state index contributed by atoms with van der Waals surface area (Å²) in [5.41, 5.74) is 1.92. The molecule has 1 unspecified atom stereocenters. The van der Waals surface area contributed by atoms with Crippen LogP contribution in [0.1, 0.15) is 55.8 Å². The van der Waals surface area contributed by atoms with Crippen molar-refractivity contribution >= 4 is 17.4 Å². The second kappa shape index (κ2) is 13.0. The van der Waals surface area contributed by atoms with Crippen LogP contribution in [0.4, 0.5) is 0 Å². The van der Waals surface area contributed by atoms with Crippen LogP contribution in [0.15, 0.2) is 78.4 Å². The molecule has 3 aromatic carbocycles. The number of ketones is 1. The minimum absolute atomic E-state index is 0.0188. The maximum atomic E-state index is 13.5. The summed E-state index contributed by atoms with van der Waals surface area (Å²) in [6.07, 6.45) is 2.74. The van der Waals surface area contributed by atoms with Gasteiger partial charge in [-0.05, 0) is 48.2 Å². The lowest BCUT2D eigenvalue weighted by Gasteiger charge is -2.26. The summed E-state index contributed by atoms with van der Waals surface area (Å²) in [5.74, 6) is -0.0229. The average Bonchev–Trinajstić information content (AvgIpc) is 3.21. The Morgan fingerprint density at radius 2 is 1.67 bits per heavy atom. The highest BCUT2D eigenvalue weighted by Crippen LogP contribution is 2.43.